The van der Waals surface area contributed by atoms with Gasteiger partial charge < -0.3 is 14.5 Å². The average molecular weight is 322 g/mol. The number of piperazine rings is 1. The number of rotatable bonds is 2. The zero-order chi connectivity index (χ0) is 16.4. The van der Waals surface area contributed by atoms with Crippen LogP contribution >= 0.6 is 0 Å². The van der Waals surface area contributed by atoms with Gasteiger partial charge in [-0.2, -0.15) is 0 Å². The van der Waals surface area contributed by atoms with Gasteiger partial charge in [0.25, 0.3) is 0 Å². The van der Waals surface area contributed by atoms with Crippen molar-refractivity contribution in [3.05, 3.63) is 60.2 Å². The van der Waals surface area contributed by atoms with E-state index in [0.29, 0.717) is 6.61 Å². The molecular formula is C20H22N2O2. The molecule has 24 heavy (non-hydrogen) atoms. The fourth-order valence-corrected chi connectivity index (χ4v) is 3.64. The van der Waals surface area contributed by atoms with Crippen LogP contribution in [0.15, 0.2) is 54.6 Å². The average Bonchev–Trinajstić information content (AvgIpc) is 2.68. The van der Waals surface area contributed by atoms with Crippen molar-refractivity contribution >= 4 is 11.6 Å². The molecule has 4 rings (SSSR count). The molecule has 0 spiro atoms. The van der Waals surface area contributed by atoms with Crippen molar-refractivity contribution in [2.75, 3.05) is 37.7 Å². The first kappa shape index (κ1) is 15.1. The first-order valence-corrected chi connectivity index (χ1v) is 8.63. The highest BCUT2D eigenvalue weighted by molar-refractivity contribution is 5.85. The van der Waals surface area contributed by atoms with Crippen molar-refractivity contribution in [3.63, 3.8) is 0 Å². The van der Waals surface area contributed by atoms with E-state index < -0.39 is 0 Å². The topological polar surface area (TPSA) is 32.8 Å². The summed E-state index contributed by atoms with van der Waals surface area (Å²) in [5.74, 6) is 1.06. The third-order valence-corrected chi connectivity index (χ3v) is 4.97. The Balaban J connectivity index is 1.44. The molecule has 1 unspecified atom stereocenters. The van der Waals surface area contributed by atoms with Crippen LogP contribution in [-0.4, -0.2) is 43.6 Å². The number of hydrogen-bond acceptors (Lipinski definition) is 3. The van der Waals surface area contributed by atoms with Crippen molar-refractivity contribution in [3.8, 4) is 5.75 Å². The molecule has 2 aromatic rings. The Morgan fingerprint density at radius 2 is 1.62 bits per heavy atom. The van der Waals surface area contributed by atoms with E-state index in [1.165, 1.54) is 5.69 Å². The zero-order valence-electron chi connectivity index (χ0n) is 13.7. The smallest absolute Gasteiger partial charge is 0.230 e. The molecule has 4 heteroatoms. The van der Waals surface area contributed by atoms with Crippen LogP contribution in [0.5, 0.6) is 5.75 Å². The molecule has 2 heterocycles. The molecule has 2 aliphatic rings. The molecule has 1 atom stereocenters. The summed E-state index contributed by atoms with van der Waals surface area (Å²) in [5.41, 5.74) is 2.28. The highest BCUT2D eigenvalue weighted by atomic mass is 16.5. The standard InChI is InChI=1S/C20H22N2O2/c23-20(18-10-15-24-19-9-5-4-8-17(18)19)22-13-11-21(12-14-22)16-6-2-1-3-7-16/h1-9,18H,10-15H2. The third kappa shape index (κ3) is 2.84. The molecule has 0 radical (unpaired) electrons. The van der Waals surface area contributed by atoms with Crippen LogP contribution in [0, 0.1) is 0 Å². The third-order valence-electron chi connectivity index (χ3n) is 4.97. The number of carbonyl (C=O) groups is 1. The first-order valence-electron chi connectivity index (χ1n) is 8.63. The number of amides is 1. The van der Waals surface area contributed by atoms with Gasteiger partial charge in [0.15, 0.2) is 0 Å². The van der Waals surface area contributed by atoms with Crippen LogP contribution < -0.4 is 9.64 Å². The van der Waals surface area contributed by atoms with E-state index >= 15 is 0 Å². The van der Waals surface area contributed by atoms with E-state index in [9.17, 15) is 4.79 Å². The van der Waals surface area contributed by atoms with Crippen molar-refractivity contribution in [2.45, 2.75) is 12.3 Å². The van der Waals surface area contributed by atoms with Crippen LogP contribution in [0.4, 0.5) is 5.69 Å². The summed E-state index contributed by atoms with van der Waals surface area (Å²) < 4.78 is 5.69. The number of para-hydroxylation sites is 2. The summed E-state index contributed by atoms with van der Waals surface area (Å²) in [6, 6.07) is 18.4. The zero-order valence-corrected chi connectivity index (χ0v) is 13.7. The van der Waals surface area contributed by atoms with E-state index in [4.69, 9.17) is 4.74 Å². The predicted molar refractivity (Wildman–Crippen MR) is 94.5 cm³/mol. The Labute approximate surface area is 142 Å². The Morgan fingerprint density at radius 1 is 0.917 bits per heavy atom. The number of ether oxygens (including phenoxy) is 1. The Morgan fingerprint density at radius 3 is 2.42 bits per heavy atom. The van der Waals surface area contributed by atoms with Gasteiger partial charge in [-0.15, -0.1) is 0 Å². The van der Waals surface area contributed by atoms with E-state index in [1.54, 1.807) is 0 Å². The lowest BCUT2D eigenvalue weighted by atomic mass is 9.91. The quantitative estimate of drug-likeness (QED) is 0.852. The summed E-state index contributed by atoms with van der Waals surface area (Å²) in [6.07, 6.45) is 0.773. The number of benzene rings is 2. The molecule has 0 aromatic heterocycles. The first-order chi connectivity index (χ1) is 11.8. The maximum atomic E-state index is 13.0. The SMILES string of the molecule is O=C(C1CCOc2ccccc21)N1CCN(c2ccccc2)CC1. The summed E-state index contributed by atoms with van der Waals surface area (Å²) in [6.45, 7) is 3.97. The Hall–Kier alpha value is -2.49. The van der Waals surface area contributed by atoms with Gasteiger partial charge in [0.05, 0.1) is 12.5 Å². The molecular weight excluding hydrogens is 300 g/mol. The van der Waals surface area contributed by atoms with E-state index in [-0.39, 0.29) is 11.8 Å². The van der Waals surface area contributed by atoms with Gasteiger partial charge in [-0.25, -0.2) is 0 Å². The lowest BCUT2D eigenvalue weighted by Gasteiger charge is -2.38. The van der Waals surface area contributed by atoms with Crippen molar-refractivity contribution in [2.24, 2.45) is 0 Å². The monoisotopic (exact) mass is 322 g/mol. The van der Waals surface area contributed by atoms with Crippen molar-refractivity contribution in [1.82, 2.24) is 4.90 Å². The fourth-order valence-electron chi connectivity index (χ4n) is 3.64. The lowest BCUT2D eigenvalue weighted by molar-refractivity contribution is -0.133. The molecule has 1 saturated heterocycles. The molecule has 2 aromatic carbocycles. The molecule has 0 aliphatic carbocycles. The molecule has 1 amide bonds. The van der Waals surface area contributed by atoms with Crippen LogP contribution in [0.1, 0.15) is 17.9 Å². The molecule has 1 fully saturated rings. The lowest BCUT2D eigenvalue weighted by Crippen LogP contribution is -2.50. The van der Waals surface area contributed by atoms with Gasteiger partial charge in [-0.3, -0.25) is 4.79 Å². The highest BCUT2D eigenvalue weighted by Gasteiger charge is 2.32. The minimum absolute atomic E-state index is 0.0572. The second-order valence-electron chi connectivity index (χ2n) is 6.38. The number of carbonyl (C=O) groups excluding carboxylic acids is 1. The van der Waals surface area contributed by atoms with Gasteiger partial charge in [0.2, 0.25) is 5.91 Å². The number of nitrogens with zero attached hydrogens (tertiary/aromatic N) is 2. The van der Waals surface area contributed by atoms with Gasteiger partial charge >= 0.3 is 0 Å². The molecule has 0 N–H and O–H groups in total. The number of hydrogen-bond donors (Lipinski definition) is 0. The molecule has 0 saturated carbocycles. The minimum Gasteiger partial charge on any atom is -0.493 e. The summed E-state index contributed by atoms with van der Waals surface area (Å²) in [5, 5.41) is 0. The van der Waals surface area contributed by atoms with Gasteiger partial charge in [-0.05, 0) is 24.6 Å². The second-order valence-corrected chi connectivity index (χ2v) is 6.38. The highest BCUT2D eigenvalue weighted by Crippen LogP contribution is 2.34. The fraction of sp³-hybridized carbons (Fsp3) is 0.350. The maximum absolute atomic E-state index is 13.0. The van der Waals surface area contributed by atoms with Crippen molar-refractivity contribution < 1.29 is 9.53 Å². The van der Waals surface area contributed by atoms with Crippen LogP contribution in [0.3, 0.4) is 0 Å². The molecule has 0 bridgehead atoms. The molecule has 124 valence electrons. The van der Waals surface area contributed by atoms with Gasteiger partial charge in [-0.1, -0.05) is 36.4 Å². The van der Waals surface area contributed by atoms with Gasteiger partial charge in [0.1, 0.15) is 5.75 Å². The van der Waals surface area contributed by atoms with Crippen LogP contribution in [0.2, 0.25) is 0 Å². The number of anilines is 1. The van der Waals surface area contributed by atoms with Crippen LogP contribution in [-0.2, 0) is 4.79 Å². The normalized spacial score (nSPS) is 20.2. The van der Waals surface area contributed by atoms with E-state index in [0.717, 1.165) is 43.9 Å². The largest absolute Gasteiger partial charge is 0.493 e. The minimum atomic E-state index is -0.0572. The van der Waals surface area contributed by atoms with Crippen LogP contribution in [0.25, 0.3) is 0 Å². The maximum Gasteiger partial charge on any atom is 0.230 e. The molecule has 2 aliphatic heterocycles. The summed E-state index contributed by atoms with van der Waals surface area (Å²) in [7, 11) is 0. The number of fused-ring (bicyclic) bond motifs is 1. The van der Waals surface area contributed by atoms with Crippen molar-refractivity contribution in [1.29, 1.82) is 0 Å². The predicted octanol–water partition coefficient (Wildman–Crippen LogP) is 2.90. The molecule has 4 nitrogen and oxygen atoms in total. The summed E-state index contributed by atoms with van der Waals surface area (Å²) in [4.78, 5) is 17.4. The van der Waals surface area contributed by atoms with E-state index in [2.05, 4.69) is 29.2 Å². The van der Waals surface area contributed by atoms with Gasteiger partial charge in [0, 0.05) is 37.4 Å². The van der Waals surface area contributed by atoms with E-state index in [1.807, 2.05) is 35.2 Å². The summed E-state index contributed by atoms with van der Waals surface area (Å²) >= 11 is 0. The Bertz CT molecular complexity index is 709. The Kier molecular flexibility index (Phi) is 4.11. The second kappa shape index (κ2) is 6.56.